The van der Waals surface area contributed by atoms with E-state index in [0.717, 1.165) is 5.56 Å². The summed E-state index contributed by atoms with van der Waals surface area (Å²) < 4.78 is 52.3. The predicted molar refractivity (Wildman–Crippen MR) is 86.6 cm³/mol. The van der Waals surface area contributed by atoms with E-state index in [1.54, 1.807) is 31.5 Å². The highest BCUT2D eigenvalue weighted by Gasteiger charge is 2.31. The maximum atomic E-state index is 12.2. The van der Waals surface area contributed by atoms with Crippen molar-refractivity contribution in [3.8, 4) is 34.2 Å². The normalized spacial score (nSPS) is 11.3. The molecule has 0 bridgehead atoms. The van der Waals surface area contributed by atoms with Crippen LogP contribution in [0.2, 0.25) is 0 Å². The van der Waals surface area contributed by atoms with Crippen LogP contribution in [0.3, 0.4) is 0 Å². The number of nitrogens with zero attached hydrogens (tertiary/aromatic N) is 3. The van der Waals surface area contributed by atoms with Crippen molar-refractivity contribution >= 4 is 0 Å². The first-order valence-electron chi connectivity index (χ1n) is 7.40. The Bertz CT molecular complexity index is 892. The number of hydrogen-bond acceptors (Lipinski definition) is 5. The highest BCUT2D eigenvalue weighted by Crippen LogP contribution is 2.31. The molecule has 136 valence electrons. The zero-order valence-electron chi connectivity index (χ0n) is 13.8. The molecule has 0 amide bonds. The van der Waals surface area contributed by atoms with Gasteiger partial charge in [0.05, 0.1) is 26.1 Å². The van der Waals surface area contributed by atoms with Gasteiger partial charge in [-0.15, -0.1) is 18.3 Å². The summed E-state index contributed by atoms with van der Waals surface area (Å²) in [7, 11) is 3.07. The molecule has 0 aliphatic rings. The minimum absolute atomic E-state index is 0.304. The lowest BCUT2D eigenvalue weighted by atomic mass is 10.1. The monoisotopic (exact) mass is 365 g/mol. The fraction of sp³-hybridized carbons (Fsp3) is 0.176. The molecule has 2 aromatic carbocycles. The van der Waals surface area contributed by atoms with E-state index in [4.69, 9.17) is 9.47 Å². The number of alkyl halides is 3. The van der Waals surface area contributed by atoms with Crippen LogP contribution in [0.15, 0.2) is 48.7 Å². The van der Waals surface area contributed by atoms with E-state index in [1.165, 1.54) is 36.1 Å². The molecule has 3 rings (SSSR count). The highest BCUT2D eigenvalue weighted by molar-refractivity contribution is 5.63. The molecule has 3 aromatic rings. The number of aromatic nitrogens is 3. The first-order chi connectivity index (χ1) is 12.4. The minimum Gasteiger partial charge on any atom is -0.493 e. The topological polar surface area (TPSA) is 58.4 Å². The van der Waals surface area contributed by atoms with Crippen LogP contribution in [-0.2, 0) is 0 Å². The number of rotatable bonds is 5. The van der Waals surface area contributed by atoms with Gasteiger partial charge in [-0.1, -0.05) is 5.21 Å². The van der Waals surface area contributed by atoms with Crippen LogP contribution in [0.25, 0.3) is 16.9 Å². The van der Waals surface area contributed by atoms with Crippen molar-refractivity contribution in [3.63, 3.8) is 0 Å². The molecule has 0 spiro atoms. The molecule has 0 atom stereocenters. The Morgan fingerprint density at radius 2 is 1.62 bits per heavy atom. The van der Waals surface area contributed by atoms with Gasteiger partial charge in [0.15, 0.2) is 11.5 Å². The van der Waals surface area contributed by atoms with Gasteiger partial charge in [-0.2, -0.15) is 0 Å². The summed E-state index contributed by atoms with van der Waals surface area (Å²) in [4.78, 5) is 0. The standard InChI is InChI=1S/C17H14F3N3O3/c1-24-15-8-3-11(9-16(15)25-2)14-10-23(22-21-14)12-4-6-13(7-5-12)26-17(18,19)20/h3-10H,1-2H3. The summed E-state index contributed by atoms with van der Waals surface area (Å²) in [6, 6.07) is 10.6. The van der Waals surface area contributed by atoms with E-state index in [9.17, 15) is 13.2 Å². The molecule has 6 nitrogen and oxygen atoms in total. The second-order valence-corrected chi connectivity index (χ2v) is 5.16. The fourth-order valence-corrected chi connectivity index (χ4v) is 2.32. The van der Waals surface area contributed by atoms with E-state index in [0.29, 0.717) is 22.9 Å². The second kappa shape index (κ2) is 6.95. The molecule has 0 fully saturated rings. The summed E-state index contributed by atoms with van der Waals surface area (Å²) >= 11 is 0. The molecule has 26 heavy (non-hydrogen) atoms. The molecule has 0 unspecified atom stereocenters. The summed E-state index contributed by atoms with van der Waals surface area (Å²) in [5.74, 6) is 0.832. The van der Waals surface area contributed by atoms with Crippen LogP contribution in [-0.4, -0.2) is 35.6 Å². The van der Waals surface area contributed by atoms with E-state index in [2.05, 4.69) is 15.0 Å². The molecular weight excluding hydrogens is 351 g/mol. The fourth-order valence-electron chi connectivity index (χ4n) is 2.32. The van der Waals surface area contributed by atoms with E-state index in [1.807, 2.05) is 0 Å². The van der Waals surface area contributed by atoms with E-state index < -0.39 is 6.36 Å². The highest BCUT2D eigenvalue weighted by atomic mass is 19.4. The molecular formula is C17H14F3N3O3. The number of benzene rings is 2. The summed E-state index contributed by atoms with van der Waals surface area (Å²) in [5, 5.41) is 8.08. The van der Waals surface area contributed by atoms with Crippen LogP contribution >= 0.6 is 0 Å². The Labute approximate surface area is 146 Å². The SMILES string of the molecule is COc1ccc(-c2cn(-c3ccc(OC(F)(F)F)cc3)nn2)cc1OC. The largest absolute Gasteiger partial charge is 0.573 e. The van der Waals surface area contributed by atoms with Crippen molar-refractivity contribution in [1.29, 1.82) is 0 Å². The van der Waals surface area contributed by atoms with Crippen molar-refractivity contribution < 1.29 is 27.4 Å². The molecule has 0 aliphatic heterocycles. The predicted octanol–water partition coefficient (Wildman–Crippen LogP) is 3.85. The Kier molecular flexibility index (Phi) is 4.70. The zero-order valence-corrected chi connectivity index (χ0v) is 13.8. The molecule has 0 saturated carbocycles. The quantitative estimate of drug-likeness (QED) is 0.687. The van der Waals surface area contributed by atoms with Crippen LogP contribution in [0.1, 0.15) is 0 Å². The first-order valence-corrected chi connectivity index (χ1v) is 7.40. The molecule has 1 aromatic heterocycles. The van der Waals surface area contributed by atoms with Crippen molar-refractivity contribution in [1.82, 2.24) is 15.0 Å². The molecule has 0 saturated heterocycles. The lowest BCUT2D eigenvalue weighted by Crippen LogP contribution is -2.17. The molecule has 0 radical (unpaired) electrons. The lowest BCUT2D eigenvalue weighted by Gasteiger charge is -2.09. The van der Waals surface area contributed by atoms with E-state index in [-0.39, 0.29) is 5.75 Å². The molecule has 0 N–H and O–H groups in total. The molecule has 0 aliphatic carbocycles. The summed E-state index contributed by atoms with van der Waals surface area (Å²) in [5.41, 5.74) is 1.87. The van der Waals surface area contributed by atoms with Crippen molar-refractivity contribution in [2.75, 3.05) is 14.2 Å². The number of ether oxygens (including phenoxy) is 3. The van der Waals surface area contributed by atoms with Crippen molar-refractivity contribution in [2.45, 2.75) is 6.36 Å². The first kappa shape index (κ1) is 17.6. The van der Waals surface area contributed by atoms with Gasteiger partial charge in [-0.05, 0) is 42.5 Å². The second-order valence-electron chi connectivity index (χ2n) is 5.16. The van der Waals surface area contributed by atoms with Crippen molar-refractivity contribution in [3.05, 3.63) is 48.7 Å². The maximum Gasteiger partial charge on any atom is 0.573 e. The van der Waals surface area contributed by atoms with Crippen LogP contribution in [0.4, 0.5) is 13.2 Å². The average Bonchev–Trinajstić information content (AvgIpc) is 3.10. The van der Waals surface area contributed by atoms with Gasteiger partial charge in [0, 0.05) is 5.56 Å². The van der Waals surface area contributed by atoms with Gasteiger partial charge in [0.25, 0.3) is 0 Å². The van der Waals surface area contributed by atoms with Crippen LogP contribution < -0.4 is 14.2 Å². The number of halogens is 3. The summed E-state index contributed by atoms with van der Waals surface area (Å²) in [6.07, 6.45) is -3.07. The Morgan fingerprint density at radius 3 is 2.23 bits per heavy atom. The minimum atomic E-state index is -4.73. The van der Waals surface area contributed by atoms with Gasteiger partial charge in [-0.3, -0.25) is 0 Å². The van der Waals surface area contributed by atoms with Crippen LogP contribution in [0.5, 0.6) is 17.2 Å². The van der Waals surface area contributed by atoms with Gasteiger partial charge in [0.1, 0.15) is 11.4 Å². The average molecular weight is 365 g/mol. The van der Waals surface area contributed by atoms with Gasteiger partial charge in [0.2, 0.25) is 0 Å². The zero-order chi connectivity index (χ0) is 18.7. The number of hydrogen-bond donors (Lipinski definition) is 0. The Morgan fingerprint density at radius 1 is 0.923 bits per heavy atom. The van der Waals surface area contributed by atoms with Gasteiger partial charge in [-0.25, -0.2) is 4.68 Å². The third kappa shape index (κ3) is 3.88. The van der Waals surface area contributed by atoms with E-state index >= 15 is 0 Å². The van der Waals surface area contributed by atoms with Crippen molar-refractivity contribution in [2.24, 2.45) is 0 Å². The third-order valence-electron chi connectivity index (χ3n) is 3.51. The molecule has 1 heterocycles. The maximum absolute atomic E-state index is 12.2. The summed E-state index contributed by atoms with van der Waals surface area (Å²) in [6.45, 7) is 0. The Balaban J connectivity index is 1.84. The van der Waals surface area contributed by atoms with Gasteiger partial charge < -0.3 is 14.2 Å². The number of methoxy groups -OCH3 is 2. The molecule has 9 heteroatoms. The third-order valence-corrected chi connectivity index (χ3v) is 3.51. The van der Waals surface area contributed by atoms with Gasteiger partial charge >= 0.3 is 6.36 Å². The smallest absolute Gasteiger partial charge is 0.493 e. The lowest BCUT2D eigenvalue weighted by molar-refractivity contribution is -0.274. The van der Waals surface area contributed by atoms with Crippen LogP contribution in [0, 0.1) is 0 Å². The Hall–Kier alpha value is -3.23.